The fraction of sp³-hybridized carbons (Fsp3) is 0.444. The predicted octanol–water partition coefficient (Wildman–Crippen LogP) is 5.87. The number of aliphatic hydroxyl groups is 2. The normalized spacial score (nSPS) is 13.1. The third-order valence-corrected chi connectivity index (χ3v) is 4.68. The molecule has 186 valence electrons. The number of hydrogen-bond acceptors (Lipinski definition) is 7. The van der Waals surface area contributed by atoms with E-state index in [1.54, 1.807) is 6.08 Å². The molecule has 0 atom stereocenters. The first-order valence-corrected chi connectivity index (χ1v) is 11.8. The smallest absolute Gasteiger partial charge is 0.161 e. The highest BCUT2D eigenvalue weighted by Crippen LogP contribution is 2.15. The first kappa shape index (κ1) is 28.8. The van der Waals surface area contributed by atoms with Crippen LogP contribution < -0.4 is 0 Å². The summed E-state index contributed by atoms with van der Waals surface area (Å²) in [6.45, 7) is 12.9. The lowest BCUT2D eigenvalue weighted by Crippen LogP contribution is -2.07. The van der Waals surface area contributed by atoms with Crippen molar-refractivity contribution < 1.29 is 19.7 Å². The van der Waals surface area contributed by atoms with Gasteiger partial charge in [0.2, 0.25) is 0 Å². The second kappa shape index (κ2) is 17.3. The van der Waals surface area contributed by atoms with Crippen molar-refractivity contribution in [2.45, 2.75) is 59.8 Å². The van der Waals surface area contributed by atoms with E-state index in [1.807, 2.05) is 38.2 Å². The molecule has 0 bridgehead atoms. The molecule has 7 nitrogen and oxygen atoms in total. The summed E-state index contributed by atoms with van der Waals surface area (Å²) >= 11 is 0. The molecule has 0 unspecified atom stereocenters. The summed E-state index contributed by atoms with van der Waals surface area (Å²) < 4.78 is 11.4. The molecule has 1 aromatic heterocycles. The minimum Gasteiger partial charge on any atom is -0.515 e. The van der Waals surface area contributed by atoms with Crippen LogP contribution in [0.4, 0.5) is 0 Å². The van der Waals surface area contributed by atoms with Crippen LogP contribution >= 0.6 is 0 Å². The van der Waals surface area contributed by atoms with E-state index in [9.17, 15) is 5.11 Å². The Morgan fingerprint density at radius 3 is 2.18 bits per heavy atom. The monoisotopic (exact) mass is 469 g/mol. The number of ether oxygens (including phenoxy) is 2. The van der Waals surface area contributed by atoms with Crippen LogP contribution in [0, 0.1) is 0 Å². The van der Waals surface area contributed by atoms with Gasteiger partial charge in [0.1, 0.15) is 17.3 Å². The highest BCUT2D eigenvalue weighted by atomic mass is 16.5. The van der Waals surface area contributed by atoms with Crippen LogP contribution in [0.25, 0.3) is 11.1 Å². The number of nitrogens with zero attached hydrogens (tertiary/aromatic N) is 3. The molecule has 1 rings (SSSR count). The molecule has 0 fully saturated rings. The Morgan fingerprint density at radius 1 is 0.941 bits per heavy atom. The third-order valence-electron chi connectivity index (χ3n) is 4.68. The molecule has 0 aliphatic rings. The Hall–Kier alpha value is -3.19. The first-order valence-electron chi connectivity index (χ1n) is 11.8. The van der Waals surface area contributed by atoms with E-state index < -0.39 is 0 Å². The molecule has 1 heterocycles. The van der Waals surface area contributed by atoms with Gasteiger partial charge in [-0.15, -0.1) is 0 Å². The Morgan fingerprint density at radius 2 is 1.59 bits per heavy atom. The lowest BCUT2D eigenvalue weighted by atomic mass is 10.2. The number of rotatable bonds is 16. The maximum Gasteiger partial charge on any atom is 0.161 e. The summed E-state index contributed by atoms with van der Waals surface area (Å²) in [5, 5.41) is 18.6. The minimum absolute atomic E-state index is 0.244. The van der Waals surface area contributed by atoms with Gasteiger partial charge in [0.15, 0.2) is 11.6 Å². The van der Waals surface area contributed by atoms with Gasteiger partial charge in [-0.3, -0.25) is 0 Å². The lowest BCUT2D eigenvalue weighted by molar-refractivity contribution is 0.218. The van der Waals surface area contributed by atoms with Gasteiger partial charge in [-0.1, -0.05) is 45.4 Å². The van der Waals surface area contributed by atoms with Crippen molar-refractivity contribution in [3.63, 3.8) is 0 Å². The predicted molar refractivity (Wildman–Crippen MR) is 138 cm³/mol. The Balaban J connectivity index is 3.13. The number of hydrogen-bond donors (Lipinski definition) is 2. The van der Waals surface area contributed by atoms with Crippen molar-refractivity contribution in [3.05, 3.63) is 78.3 Å². The van der Waals surface area contributed by atoms with Crippen LogP contribution in [-0.2, 0) is 15.9 Å². The summed E-state index contributed by atoms with van der Waals surface area (Å²) in [6, 6.07) is 0. The summed E-state index contributed by atoms with van der Waals surface area (Å²) in [5.41, 5.74) is 1.20. The van der Waals surface area contributed by atoms with Gasteiger partial charge in [-0.25, -0.2) is 15.0 Å². The maximum absolute atomic E-state index is 9.52. The quantitative estimate of drug-likeness (QED) is 0.177. The molecule has 0 amide bonds. The molecular formula is C27H39N3O4. The van der Waals surface area contributed by atoms with Gasteiger partial charge >= 0.3 is 0 Å². The molecule has 2 N–H and O–H groups in total. The zero-order chi connectivity index (χ0) is 25.2. The second-order valence-electron chi connectivity index (χ2n) is 7.60. The number of allylic oxidation sites excluding steroid dienone is 7. The van der Waals surface area contributed by atoms with Crippen LogP contribution in [0.15, 0.2) is 60.8 Å². The number of aliphatic hydroxyl groups excluding tert-OH is 2. The topological polar surface area (TPSA) is 97.6 Å². The first-order chi connectivity index (χ1) is 16.5. The summed E-state index contributed by atoms with van der Waals surface area (Å²) in [6.07, 6.45) is 16.3. The average Bonchev–Trinajstić information content (AvgIpc) is 2.85. The van der Waals surface area contributed by atoms with Crippen molar-refractivity contribution in [2.24, 2.45) is 0 Å². The summed E-state index contributed by atoms with van der Waals surface area (Å²) in [4.78, 5) is 13.5. The van der Waals surface area contributed by atoms with E-state index in [0.717, 1.165) is 43.3 Å². The number of unbranched alkanes of at least 4 members (excludes halogenated alkanes) is 2. The van der Waals surface area contributed by atoms with Gasteiger partial charge in [-0.05, 0) is 50.5 Å². The average molecular weight is 470 g/mol. The lowest BCUT2D eigenvalue weighted by Gasteiger charge is -2.08. The molecule has 0 radical (unpaired) electrons. The molecular weight excluding hydrogens is 430 g/mol. The van der Waals surface area contributed by atoms with Gasteiger partial charge in [0.25, 0.3) is 0 Å². The molecule has 34 heavy (non-hydrogen) atoms. The Labute approximate surface area is 204 Å². The van der Waals surface area contributed by atoms with E-state index >= 15 is 0 Å². The molecule has 0 saturated carbocycles. The third kappa shape index (κ3) is 11.1. The number of aromatic nitrogens is 3. The second-order valence-corrected chi connectivity index (χ2v) is 7.60. The van der Waals surface area contributed by atoms with Gasteiger partial charge in [0.05, 0.1) is 26.1 Å². The fourth-order valence-electron chi connectivity index (χ4n) is 2.60. The Kier molecular flexibility index (Phi) is 14.7. The maximum atomic E-state index is 9.52. The molecule has 0 aromatic carbocycles. The highest BCUT2D eigenvalue weighted by molar-refractivity contribution is 5.63. The zero-order valence-corrected chi connectivity index (χ0v) is 21.0. The minimum atomic E-state index is -0.244. The SMILES string of the molecule is C=C(CO)c1nc(C/C=C\C(=C/C)OCCCC)nc(/C(C)=C/C=C(\C=C\O)OCCCC)n1. The van der Waals surface area contributed by atoms with Crippen molar-refractivity contribution in [1.82, 2.24) is 15.0 Å². The van der Waals surface area contributed by atoms with E-state index in [4.69, 9.17) is 14.6 Å². The molecule has 0 aliphatic carbocycles. The fourth-order valence-corrected chi connectivity index (χ4v) is 2.60. The molecule has 0 spiro atoms. The van der Waals surface area contributed by atoms with E-state index in [-0.39, 0.29) is 6.61 Å². The van der Waals surface area contributed by atoms with Crippen molar-refractivity contribution in [1.29, 1.82) is 0 Å². The van der Waals surface area contributed by atoms with Crippen LogP contribution in [-0.4, -0.2) is 45.0 Å². The summed E-state index contributed by atoms with van der Waals surface area (Å²) in [7, 11) is 0. The van der Waals surface area contributed by atoms with Gasteiger partial charge in [-0.2, -0.15) is 0 Å². The van der Waals surface area contributed by atoms with Crippen LogP contribution in [0.1, 0.15) is 70.9 Å². The highest BCUT2D eigenvalue weighted by Gasteiger charge is 2.10. The van der Waals surface area contributed by atoms with Crippen LogP contribution in [0.3, 0.4) is 0 Å². The molecule has 1 aromatic rings. The Bertz CT molecular complexity index is 914. The largest absolute Gasteiger partial charge is 0.515 e. The van der Waals surface area contributed by atoms with E-state index in [0.29, 0.717) is 48.4 Å². The van der Waals surface area contributed by atoms with Gasteiger partial charge in [0, 0.05) is 18.1 Å². The summed E-state index contributed by atoms with van der Waals surface area (Å²) in [5.74, 6) is 2.73. The molecule has 0 saturated heterocycles. The van der Waals surface area contributed by atoms with Crippen LogP contribution in [0.2, 0.25) is 0 Å². The van der Waals surface area contributed by atoms with Crippen LogP contribution in [0.5, 0.6) is 0 Å². The standard InChI is InChI=1S/C27H39N3O4/c1-6-9-18-33-23(8-3)12-11-13-25-28-26(30-27(29-25)22(5)20-32)21(4)14-15-24(16-17-31)34-19-10-7-2/h8,11-12,14-17,31-32H,5-7,9-10,13,18-20H2,1-4H3/b12-11-,17-16+,21-14+,23-8+,24-15+. The molecule has 0 aliphatic heterocycles. The van der Waals surface area contributed by atoms with Gasteiger partial charge < -0.3 is 19.7 Å². The zero-order valence-electron chi connectivity index (χ0n) is 21.0. The molecule has 7 heteroatoms. The van der Waals surface area contributed by atoms with Crippen molar-refractivity contribution >= 4 is 11.1 Å². The van der Waals surface area contributed by atoms with Crippen molar-refractivity contribution in [2.75, 3.05) is 19.8 Å². The van der Waals surface area contributed by atoms with E-state index in [2.05, 4.69) is 35.4 Å². The van der Waals surface area contributed by atoms with E-state index in [1.165, 1.54) is 6.08 Å². The van der Waals surface area contributed by atoms with Crippen molar-refractivity contribution in [3.8, 4) is 0 Å².